The fraction of sp³-hybridized carbons (Fsp3) is 0.306. The van der Waals surface area contributed by atoms with Crippen molar-refractivity contribution in [2.45, 2.75) is 38.8 Å². The molecular weight excluding hydrogens is 638 g/mol. The van der Waals surface area contributed by atoms with Gasteiger partial charge < -0.3 is 24.6 Å². The minimum atomic E-state index is -0.737. The number of benzene rings is 2. The number of ether oxygens (including phenoxy) is 2. The third kappa shape index (κ3) is 6.51. The molecule has 50 heavy (non-hydrogen) atoms. The van der Waals surface area contributed by atoms with E-state index in [0.29, 0.717) is 52.1 Å². The third-order valence-corrected chi connectivity index (χ3v) is 8.46. The Kier molecular flexibility index (Phi) is 8.30. The minimum absolute atomic E-state index is 0.00629. The van der Waals surface area contributed by atoms with Crippen LogP contribution in [0, 0.1) is 5.92 Å². The Hall–Kier alpha value is -6.05. The molecule has 2 aromatic carbocycles. The minimum Gasteiger partial charge on any atom is -0.494 e. The number of aromatic nitrogens is 5. The fourth-order valence-electron chi connectivity index (χ4n) is 5.95. The van der Waals surface area contributed by atoms with E-state index in [2.05, 4.69) is 30.7 Å². The summed E-state index contributed by atoms with van der Waals surface area (Å²) in [5, 5.41) is 10.5. The smallest absolute Gasteiger partial charge is 0.271 e. The lowest BCUT2D eigenvalue weighted by Gasteiger charge is -2.29. The van der Waals surface area contributed by atoms with Gasteiger partial charge in [-0.25, -0.2) is 14.5 Å². The first-order chi connectivity index (χ1) is 24.0. The van der Waals surface area contributed by atoms with Crippen LogP contribution in [0.5, 0.6) is 11.5 Å². The maximum absolute atomic E-state index is 14.0. The van der Waals surface area contributed by atoms with E-state index >= 15 is 0 Å². The van der Waals surface area contributed by atoms with Gasteiger partial charge in [0.15, 0.2) is 11.5 Å². The van der Waals surface area contributed by atoms with Crippen molar-refractivity contribution < 1.29 is 23.9 Å². The Labute approximate surface area is 288 Å². The molecule has 2 N–H and O–H groups in total. The maximum Gasteiger partial charge on any atom is 0.271 e. The number of nitrogens with zero attached hydrogens (tertiary/aromatic N) is 7. The van der Waals surface area contributed by atoms with Gasteiger partial charge in [0.1, 0.15) is 22.8 Å². The quantitative estimate of drug-likeness (QED) is 0.223. The van der Waals surface area contributed by atoms with E-state index in [1.807, 2.05) is 44.2 Å². The number of hydrogen-bond acceptors (Lipinski definition) is 10. The molecule has 1 aliphatic carbocycles. The van der Waals surface area contributed by atoms with Gasteiger partial charge >= 0.3 is 0 Å². The molecule has 3 amide bonds. The second kappa shape index (κ2) is 12.8. The van der Waals surface area contributed by atoms with E-state index in [1.165, 1.54) is 4.90 Å². The highest BCUT2D eigenvalue weighted by molar-refractivity contribution is 5.98. The maximum atomic E-state index is 14.0. The summed E-state index contributed by atoms with van der Waals surface area (Å²) >= 11 is 0. The second-order valence-corrected chi connectivity index (χ2v) is 13.2. The average Bonchev–Trinajstić information content (AvgIpc) is 3.85. The van der Waals surface area contributed by atoms with Crippen molar-refractivity contribution in [3.05, 3.63) is 83.9 Å². The molecule has 1 aliphatic heterocycles. The number of imidazole rings is 1. The molecule has 0 atom stereocenters. The van der Waals surface area contributed by atoms with Crippen LogP contribution in [-0.4, -0.2) is 85.4 Å². The van der Waals surface area contributed by atoms with Gasteiger partial charge in [0.05, 0.1) is 37.1 Å². The van der Waals surface area contributed by atoms with Crippen LogP contribution < -0.4 is 20.1 Å². The molecule has 3 aromatic heterocycles. The van der Waals surface area contributed by atoms with Crippen molar-refractivity contribution >= 4 is 40.8 Å². The lowest BCUT2D eigenvalue weighted by molar-refractivity contribution is -0.117. The number of para-hydroxylation sites is 1. The number of nitrogens with one attached hydrogen (secondary N) is 2. The molecule has 0 saturated heterocycles. The van der Waals surface area contributed by atoms with Gasteiger partial charge in [-0.2, -0.15) is 4.98 Å². The number of rotatable bonds is 9. The summed E-state index contributed by atoms with van der Waals surface area (Å²) in [5.74, 6) is 0.993. The van der Waals surface area contributed by atoms with E-state index in [1.54, 1.807) is 67.3 Å². The largest absolute Gasteiger partial charge is 0.494 e. The number of carbonyl (C=O) groups excluding carboxylic acids is 3. The van der Waals surface area contributed by atoms with Crippen molar-refractivity contribution in [1.29, 1.82) is 0 Å². The molecule has 256 valence electrons. The monoisotopic (exact) mass is 675 g/mol. The summed E-state index contributed by atoms with van der Waals surface area (Å²) in [6.45, 7) is 4.37. The van der Waals surface area contributed by atoms with Crippen LogP contribution in [0.1, 0.15) is 53.2 Å². The van der Waals surface area contributed by atoms with E-state index in [4.69, 9.17) is 9.47 Å². The van der Waals surface area contributed by atoms with Crippen LogP contribution in [0.25, 0.3) is 16.8 Å². The molecule has 0 unspecified atom stereocenters. The molecule has 0 bridgehead atoms. The van der Waals surface area contributed by atoms with Crippen molar-refractivity contribution in [3.8, 4) is 22.6 Å². The number of methoxy groups -OCH3 is 1. The Morgan fingerprint density at radius 2 is 1.86 bits per heavy atom. The molecule has 1 saturated carbocycles. The fourth-order valence-corrected chi connectivity index (χ4v) is 5.95. The van der Waals surface area contributed by atoms with Crippen molar-refractivity contribution in [3.63, 3.8) is 0 Å². The van der Waals surface area contributed by atoms with E-state index < -0.39 is 5.60 Å². The zero-order chi connectivity index (χ0) is 35.2. The Morgan fingerprint density at radius 3 is 2.62 bits per heavy atom. The number of hydrogen-bond donors (Lipinski definition) is 2. The zero-order valence-electron chi connectivity index (χ0n) is 28.4. The number of fused-ring (bicyclic) bond motifs is 2. The van der Waals surface area contributed by atoms with Gasteiger partial charge in [-0.1, -0.05) is 24.3 Å². The van der Waals surface area contributed by atoms with Gasteiger partial charge in [-0.3, -0.25) is 19.7 Å². The van der Waals surface area contributed by atoms with Crippen molar-refractivity contribution in [2.75, 3.05) is 38.4 Å². The summed E-state index contributed by atoms with van der Waals surface area (Å²) in [6, 6.07) is 16.4. The Bertz CT molecular complexity index is 2140. The molecule has 0 spiro atoms. The number of amides is 3. The topological polar surface area (TPSA) is 156 Å². The summed E-state index contributed by atoms with van der Waals surface area (Å²) in [5.41, 5.74) is 3.18. The lowest BCUT2D eigenvalue weighted by atomic mass is 10.0. The summed E-state index contributed by atoms with van der Waals surface area (Å²) in [4.78, 5) is 55.6. The predicted molar refractivity (Wildman–Crippen MR) is 186 cm³/mol. The second-order valence-electron chi connectivity index (χ2n) is 13.2. The Balaban J connectivity index is 1.19. The normalized spacial score (nSPS) is 15.1. The summed E-state index contributed by atoms with van der Waals surface area (Å²) in [6.07, 6.45) is 5.01. The van der Waals surface area contributed by atoms with Crippen molar-refractivity contribution in [2.24, 2.45) is 5.92 Å². The van der Waals surface area contributed by atoms with Gasteiger partial charge in [0, 0.05) is 38.0 Å². The average molecular weight is 676 g/mol. The molecule has 14 heteroatoms. The van der Waals surface area contributed by atoms with Gasteiger partial charge in [0.25, 0.3) is 11.8 Å². The molecule has 4 heterocycles. The van der Waals surface area contributed by atoms with E-state index in [0.717, 1.165) is 24.0 Å². The SMILES string of the molecule is COc1c(Nc2nc(NC(=O)C3CC3)nn3ccnc23)cccc1-c1ccc2c(c1)OC(C)(C)CN(Cc1cccc(C(=O)N(C)C)n1)C2=O. The predicted octanol–water partition coefficient (Wildman–Crippen LogP) is 4.80. The molecule has 2 aliphatic rings. The van der Waals surface area contributed by atoms with Crippen LogP contribution in [0.2, 0.25) is 0 Å². The van der Waals surface area contributed by atoms with Gasteiger partial charge in [0.2, 0.25) is 11.9 Å². The zero-order valence-corrected chi connectivity index (χ0v) is 28.4. The van der Waals surface area contributed by atoms with Crippen LogP contribution >= 0.6 is 0 Å². The first kappa shape index (κ1) is 32.5. The van der Waals surface area contributed by atoms with Gasteiger partial charge in [-0.05, 0) is 62.6 Å². The summed E-state index contributed by atoms with van der Waals surface area (Å²) in [7, 11) is 4.93. The molecule has 14 nitrogen and oxygen atoms in total. The molecule has 7 rings (SSSR count). The van der Waals surface area contributed by atoms with Crippen LogP contribution in [0.15, 0.2) is 67.0 Å². The highest BCUT2D eigenvalue weighted by Crippen LogP contribution is 2.41. The van der Waals surface area contributed by atoms with Crippen LogP contribution in [0.3, 0.4) is 0 Å². The highest BCUT2D eigenvalue weighted by Gasteiger charge is 2.35. The number of anilines is 3. The molecule has 0 radical (unpaired) electrons. The third-order valence-electron chi connectivity index (χ3n) is 8.46. The summed E-state index contributed by atoms with van der Waals surface area (Å²) < 4.78 is 14.0. The van der Waals surface area contributed by atoms with E-state index in [9.17, 15) is 14.4 Å². The van der Waals surface area contributed by atoms with Gasteiger partial charge in [-0.15, -0.1) is 5.10 Å². The molecule has 5 aromatic rings. The van der Waals surface area contributed by atoms with Crippen LogP contribution in [-0.2, 0) is 11.3 Å². The number of pyridine rings is 1. The molecule has 1 fully saturated rings. The van der Waals surface area contributed by atoms with Crippen LogP contribution in [0.4, 0.5) is 17.5 Å². The lowest BCUT2D eigenvalue weighted by Crippen LogP contribution is -2.42. The Morgan fingerprint density at radius 1 is 1.06 bits per heavy atom. The molecular formula is C36H37N9O5. The van der Waals surface area contributed by atoms with Crippen molar-refractivity contribution in [1.82, 2.24) is 34.4 Å². The standard InChI is InChI=1S/C36H37N9O5/c1-36(2)20-44(19-23-8-6-11-27(38-23)34(48)43(3)4)33(47)25-15-14-22(18-28(25)50-36)24-9-7-10-26(29(24)49-5)39-30-31-37-16-17-45(31)42-35(40-30)41-32(46)21-12-13-21/h6-11,14-18,21H,12-13,19-20H2,1-5H3,(H2,39,40,41,42,46). The first-order valence-electron chi connectivity index (χ1n) is 16.3. The number of carbonyl (C=O) groups is 3. The highest BCUT2D eigenvalue weighted by atomic mass is 16.5. The van der Waals surface area contributed by atoms with E-state index in [-0.39, 0.29) is 36.1 Å². The first-order valence-corrected chi connectivity index (χ1v) is 16.3.